The molecule has 0 radical (unpaired) electrons. The second kappa shape index (κ2) is 5.26. The Hall–Kier alpha value is -2.12. The molecule has 0 unspecified atom stereocenters. The van der Waals surface area contributed by atoms with Crippen LogP contribution < -0.4 is 4.90 Å². The van der Waals surface area contributed by atoms with Gasteiger partial charge in [0.2, 0.25) is 0 Å². The Kier molecular flexibility index (Phi) is 3.88. The summed E-state index contributed by atoms with van der Waals surface area (Å²) in [4.78, 5) is 0.803. The van der Waals surface area contributed by atoms with Crippen molar-refractivity contribution < 1.29 is 30.8 Å². The Labute approximate surface area is 121 Å². The molecule has 0 aliphatic heterocycles. The number of halogens is 6. The molecule has 0 saturated carbocycles. The molecule has 0 bridgehead atoms. The summed E-state index contributed by atoms with van der Waals surface area (Å²) in [5.74, 6) is -0.0682. The topological polar surface area (TPSA) is 16.4 Å². The van der Waals surface area contributed by atoms with Crippen LogP contribution in [0.3, 0.4) is 0 Å². The Bertz CT molecular complexity index is 620. The predicted octanol–water partition coefficient (Wildman–Crippen LogP) is 5.05. The normalized spacial score (nSPS) is 12.5. The van der Waals surface area contributed by atoms with Crippen molar-refractivity contribution in [3.63, 3.8) is 0 Å². The van der Waals surface area contributed by atoms with Crippen molar-refractivity contribution in [2.24, 2.45) is 0 Å². The molecular formula is C14H11F6NO. The number of hydrogen-bond acceptors (Lipinski definition) is 2. The van der Waals surface area contributed by atoms with Gasteiger partial charge in [-0.1, -0.05) is 0 Å². The van der Waals surface area contributed by atoms with Gasteiger partial charge >= 0.3 is 12.4 Å². The average Bonchev–Trinajstić information content (AvgIpc) is 2.88. The van der Waals surface area contributed by atoms with Crippen LogP contribution in [0.15, 0.2) is 34.9 Å². The monoisotopic (exact) mass is 323 g/mol. The molecule has 0 spiro atoms. The largest absolute Gasteiger partial charge is 0.464 e. The van der Waals surface area contributed by atoms with E-state index < -0.39 is 29.2 Å². The fraction of sp³-hybridized carbons (Fsp3) is 0.286. The lowest BCUT2D eigenvalue weighted by Crippen LogP contribution is -2.22. The zero-order chi connectivity index (χ0) is 16.7. The van der Waals surface area contributed by atoms with E-state index in [9.17, 15) is 26.3 Å². The van der Waals surface area contributed by atoms with Crippen LogP contribution in [-0.2, 0) is 12.4 Å². The predicted molar refractivity (Wildman–Crippen MR) is 68.5 cm³/mol. The van der Waals surface area contributed by atoms with Gasteiger partial charge in [-0.25, -0.2) is 0 Å². The zero-order valence-electron chi connectivity index (χ0n) is 11.5. The molecule has 22 heavy (non-hydrogen) atoms. The Morgan fingerprint density at radius 1 is 0.909 bits per heavy atom. The van der Waals surface area contributed by atoms with Crippen molar-refractivity contribution >= 4 is 5.69 Å². The van der Waals surface area contributed by atoms with Gasteiger partial charge in [-0.05, 0) is 24.3 Å². The second-order valence-corrected chi connectivity index (χ2v) is 4.79. The molecule has 1 aromatic carbocycles. The van der Waals surface area contributed by atoms with Gasteiger partial charge in [0.1, 0.15) is 5.76 Å². The fourth-order valence-electron chi connectivity index (χ4n) is 2.13. The van der Waals surface area contributed by atoms with E-state index in [2.05, 4.69) is 0 Å². The molecule has 2 rings (SSSR count). The minimum Gasteiger partial charge on any atom is -0.464 e. The van der Waals surface area contributed by atoms with E-state index in [1.807, 2.05) is 0 Å². The van der Waals surface area contributed by atoms with E-state index in [-0.39, 0.29) is 11.3 Å². The lowest BCUT2D eigenvalue weighted by molar-refractivity contribution is -0.142. The maximum absolute atomic E-state index is 13.2. The van der Waals surface area contributed by atoms with Gasteiger partial charge < -0.3 is 9.32 Å². The van der Waals surface area contributed by atoms with Crippen molar-refractivity contribution in [2.75, 3.05) is 19.0 Å². The van der Waals surface area contributed by atoms with E-state index in [0.29, 0.717) is 12.1 Å². The number of nitrogens with zero attached hydrogens (tertiary/aromatic N) is 1. The molecule has 0 aliphatic carbocycles. The van der Waals surface area contributed by atoms with E-state index in [0.717, 1.165) is 19.0 Å². The summed E-state index contributed by atoms with van der Waals surface area (Å²) in [7, 11) is 2.26. The molecule has 0 atom stereocenters. The third kappa shape index (κ3) is 3.05. The van der Waals surface area contributed by atoms with Crippen LogP contribution in [0.25, 0.3) is 11.3 Å². The molecule has 1 heterocycles. The van der Waals surface area contributed by atoms with E-state index in [4.69, 9.17) is 4.42 Å². The SMILES string of the molecule is CN(C)c1c(C(F)(F)F)cc(-c2ccco2)cc1C(F)(F)F. The molecule has 8 heteroatoms. The highest BCUT2D eigenvalue weighted by Crippen LogP contribution is 2.46. The van der Waals surface area contributed by atoms with Crippen molar-refractivity contribution in [1.82, 2.24) is 0 Å². The molecule has 0 amide bonds. The highest BCUT2D eigenvalue weighted by molar-refractivity contribution is 5.71. The smallest absolute Gasteiger partial charge is 0.418 e. The van der Waals surface area contributed by atoms with Crippen LogP contribution in [-0.4, -0.2) is 14.1 Å². The first-order chi connectivity index (χ1) is 10.0. The minimum absolute atomic E-state index is 0.0682. The van der Waals surface area contributed by atoms with Gasteiger partial charge in [0.25, 0.3) is 0 Å². The second-order valence-electron chi connectivity index (χ2n) is 4.79. The molecule has 2 nitrogen and oxygen atoms in total. The van der Waals surface area contributed by atoms with E-state index >= 15 is 0 Å². The highest BCUT2D eigenvalue weighted by Gasteiger charge is 2.42. The molecule has 0 aliphatic rings. The number of furan rings is 1. The molecule has 2 aromatic rings. The van der Waals surface area contributed by atoms with Crippen molar-refractivity contribution in [1.29, 1.82) is 0 Å². The van der Waals surface area contributed by atoms with E-state index in [1.54, 1.807) is 0 Å². The number of anilines is 1. The van der Waals surface area contributed by atoms with Crippen LogP contribution in [0, 0.1) is 0 Å². The Morgan fingerprint density at radius 2 is 1.41 bits per heavy atom. The highest BCUT2D eigenvalue weighted by atomic mass is 19.4. The number of benzene rings is 1. The fourth-order valence-corrected chi connectivity index (χ4v) is 2.13. The number of rotatable bonds is 2. The third-order valence-electron chi connectivity index (χ3n) is 2.97. The van der Waals surface area contributed by atoms with Crippen LogP contribution in [0.2, 0.25) is 0 Å². The number of alkyl halides is 6. The van der Waals surface area contributed by atoms with Crippen LogP contribution >= 0.6 is 0 Å². The lowest BCUT2D eigenvalue weighted by atomic mass is 9.99. The summed E-state index contributed by atoms with van der Waals surface area (Å²) >= 11 is 0. The summed E-state index contributed by atoms with van der Waals surface area (Å²) in [6.45, 7) is 0. The number of hydrogen-bond donors (Lipinski definition) is 0. The molecule has 0 saturated heterocycles. The standard InChI is InChI=1S/C14H11F6NO/c1-21(2)12-9(13(15,16)17)6-8(11-4-3-5-22-11)7-10(12)14(18,19)20/h3-7H,1-2H3. The maximum atomic E-state index is 13.2. The lowest BCUT2D eigenvalue weighted by Gasteiger charge is -2.25. The third-order valence-corrected chi connectivity index (χ3v) is 2.97. The van der Waals surface area contributed by atoms with Crippen molar-refractivity contribution in [3.05, 3.63) is 41.7 Å². The molecule has 0 N–H and O–H groups in total. The minimum atomic E-state index is -4.93. The van der Waals surface area contributed by atoms with Gasteiger partial charge in [-0.15, -0.1) is 0 Å². The average molecular weight is 323 g/mol. The summed E-state index contributed by atoms with van der Waals surface area (Å²) in [6, 6.07) is 3.99. The molecule has 120 valence electrons. The quantitative estimate of drug-likeness (QED) is 0.719. The maximum Gasteiger partial charge on any atom is 0.418 e. The molecule has 1 aromatic heterocycles. The first-order valence-electron chi connectivity index (χ1n) is 6.05. The summed E-state index contributed by atoms with van der Waals surface area (Å²) in [5.41, 5.74) is -3.93. The van der Waals surface area contributed by atoms with Gasteiger partial charge in [0.05, 0.1) is 23.1 Å². The summed E-state index contributed by atoms with van der Waals surface area (Å²) in [5, 5.41) is 0. The van der Waals surface area contributed by atoms with Crippen LogP contribution in [0.4, 0.5) is 32.0 Å². The summed E-state index contributed by atoms with van der Waals surface area (Å²) < 4.78 is 84.0. The van der Waals surface area contributed by atoms with Crippen LogP contribution in [0.1, 0.15) is 11.1 Å². The van der Waals surface area contributed by atoms with E-state index in [1.165, 1.54) is 18.4 Å². The van der Waals surface area contributed by atoms with Gasteiger partial charge in [0.15, 0.2) is 0 Å². The van der Waals surface area contributed by atoms with Gasteiger partial charge in [-0.3, -0.25) is 0 Å². The van der Waals surface area contributed by atoms with Gasteiger partial charge in [-0.2, -0.15) is 26.3 Å². The zero-order valence-corrected chi connectivity index (χ0v) is 11.5. The van der Waals surface area contributed by atoms with Crippen LogP contribution in [0.5, 0.6) is 0 Å². The summed E-state index contributed by atoms with van der Waals surface area (Å²) in [6.07, 6.45) is -8.68. The Morgan fingerprint density at radius 3 is 1.73 bits per heavy atom. The molecule has 0 fully saturated rings. The first kappa shape index (κ1) is 16.3. The first-order valence-corrected chi connectivity index (χ1v) is 6.05. The Balaban J connectivity index is 2.83. The van der Waals surface area contributed by atoms with Crippen molar-refractivity contribution in [3.8, 4) is 11.3 Å². The van der Waals surface area contributed by atoms with Gasteiger partial charge in [0, 0.05) is 19.7 Å². The molecular weight excluding hydrogens is 312 g/mol. The van der Waals surface area contributed by atoms with Crippen molar-refractivity contribution in [2.45, 2.75) is 12.4 Å².